The molecule has 29 heavy (non-hydrogen) atoms. The Morgan fingerprint density at radius 2 is 1.62 bits per heavy atom. The van der Waals surface area contributed by atoms with E-state index >= 15 is 0 Å². The summed E-state index contributed by atoms with van der Waals surface area (Å²) in [7, 11) is 2.22. The number of carbonyl (C=O) groups excluding carboxylic acids is 1. The van der Waals surface area contributed by atoms with Gasteiger partial charge in [-0.05, 0) is 68.2 Å². The van der Waals surface area contributed by atoms with Gasteiger partial charge in [0.15, 0.2) is 0 Å². The average molecular weight is 384 g/mol. The second-order valence-electron chi connectivity index (χ2n) is 9.03. The fourth-order valence-electron chi connectivity index (χ4n) is 6.14. The highest BCUT2D eigenvalue weighted by atomic mass is 16.1. The van der Waals surface area contributed by atoms with Crippen LogP contribution in [-0.2, 0) is 0 Å². The van der Waals surface area contributed by atoms with Crippen molar-refractivity contribution >= 4 is 11.5 Å². The van der Waals surface area contributed by atoms with Crippen LogP contribution < -0.4 is 0 Å². The van der Waals surface area contributed by atoms with Gasteiger partial charge in [-0.1, -0.05) is 0 Å². The van der Waals surface area contributed by atoms with E-state index in [0.29, 0.717) is 28.9 Å². The molecule has 2 aromatic heterocycles. The fraction of sp³-hybridized carbons (Fsp3) is 0.417. The first kappa shape index (κ1) is 17.1. The molecule has 0 aromatic carbocycles. The number of Topliss-reactive ketones (excluding diaryl/α,β-unsaturated/α-hetero) is 1. The molecule has 0 spiro atoms. The molecule has 4 heterocycles. The van der Waals surface area contributed by atoms with Crippen molar-refractivity contribution < 1.29 is 4.79 Å². The first-order chi connectivity index (χ1) is 14.2. The molecule has 2 saturated carbocycles. The van der Waals surface area contributed by atoms with Gasteiger partial charge in [-0.25, -0.2) is 0 Å². The molecule has 0 amide bonds. The summed E-state index contributed by atoms with van der Waals surface area (Å²) in [6, 6.07) is 8.04. The molecule has 4 fully saturated rings. The highest BCUT2D eigenvalue weighted by Crippen LogP contribution is 2.50. The molecule has 2 unspecified atom stereocenters. The lowest BCUT2D eigenvalue weighted by molar-refractivity contribution is 0.106. The Morgan fingerprint density at radius 3 is 2.34 bits per heavy atom. The summed E-state index contributed by atoms with van der Waals surface area (Å²) in [5, 5.41) is 0. The molecule has 5 heteroatoms. The lowest BCUT2D eigenvalue weighted by Gasteiger charge is -2.38. The van der Waals surface area contributed by atoms with Crippen molar-refractivity contribution in [2.24, 2.45) is 22.7 Å². The van der Waals surface area contributed by atoms with E-state index in [9.17, 15) is 4.79 Å². The van der Waals surface area contributed by atoms with Crippen LogP contribution in [-0.4, -0.2) is 39.5 Å². The topological polar surface area (TPSA) is 58.5 Å². The maximum atomic E-state index is 13.2. The monoisotopic (exact) mass is 384 g/mol. The highest BCUT2D eigenvalue weighted by molar-refractivity contribution is 6.54. The summed E-state index contributed by atoms with van der Waals surface area (Å²) in [5.41, 5.74) is 4.56. The second kappa shape index (κ2) is 6.34. The number of allylic oxidation sites excluding steroid dienone is 1. The maximum Gasteiger partial charge on any atom is 0.214 e. The first-order valence-corrected chi connectivity index (χ1v) is 10.6. The first-order valence-electron chi connectivity index (χ1n) is 10.6. The number of ketones is 1. The molecule has 0 radical (unpaired) electrons. The fourth-order valence-corrected chi connectivity index (χ4v) is 6.14. The number of rotatable bonds is 1. The molecular formula is C24H24N4O. The van der Waals surface area contributed by atoms with E-state index in [4.69, 9.17) is 4.99 Å². The standard InChI is InChI=1S/C24H24N4O/c1-28-17-11-14-8-15(12-17)10-16(9-14)20(28)13-27-23-18-4-2-6-25-21(18)22-19(24(23)29)5-3-7-26-22/h2-7,13-17H,8-12H2,1H3/b20-13+,27-23-. The Labute approximate surface area is 170 Å². The van der Waals surface area contributed by atoms with Crippen LogP contribution in [0.15, 0.2) is 53.5 Å². The molecule has 4 bridgehead atoms. The smallest absolute Gasteiger partial charge is 0.214 e. The van der Waals surface area contributed by atoms with E-state index in [1.54, 1.807) is 18.5 Å². The van der Waals surface area contributed by atoms with Crippen molar-refractivity contribution in [3.63, 3.8) is 0 Å². The molecular weight excluding hydrogens is 360 g/mol. The normalized spacial score (nSPS) is 32.4. The summed E-state index contributed by atoms with van der Waals surface area (Å²) in [5.74, 6) is 2.23. The van der Waals surface area contributed by atoms with Crippen molar-refractivity contribution in [3.05, 3.63) is 59.7 Å². The van der Waals surface area contributed by atoms with Gasteiger partial charge in [0.1, 0.15) is 11.4 Å². The van der Waals surface area contributed by atoms with Crippen LogP contribution in [0.1, 0.15) is 48.0 Å². The van der Waals surface area contributed by atoms with E-state index in [1.165, 1.54) is 37.8 Å². The summed E-state index contributed by atoms with van der Waals surface area (Å²) >= 11 is 0. The molecule has 146 valence electrons. The molecule has 7 rings (SSSR count). The molecule has 5 aliphatic rings. The Morgan fingerprint density at radius 1 is 0.966 bits per heavy atom. The van der Waals surface area contributed by atoms with E-state index in [1.807, 2.05) is 24.4 Å². The zero-order valence-electron chi connectivity index (χ0n) is 16.6. The van der Waals surface area contributed by atoms with Crippen LogP contribution in [0, 0.1) is 17.8 Å². The van der Waals surface area contributed by atoms with E-state index in [2.05, 4.69) is 21.9 Å². The number of carbonyl (C=O) groups is 1. The Bertz CT molecular complexity index is 1060. The molecule has 5 nitrogen and oxygen atoms in total. The predicted octanol–water partition coefficient (Wildman–Crippen LogP) is 4.11. The van der Waals surface area contributed by atoms with Gasteiger partial charge in [-0.15, -0.1) is 0 Å². The maximum absolute atomic E-state index is 13.2. The SMILES string of the molecule is CN1/C(=C/N=C2\C(=O)c3cccnc3-c3ncccc32)C2CC3CC(C2)CC1C3. The lowest BCUT2D eigenvalue weighted by atomic mass is 9.68. The number of aromatic nitrogens is 2. The quantitative estimate of drug-likeness (QED) is 0.742. The Kier molecular flexibility index (Phi) is 3.73. The molecule has 2 aliphatic heterocycles. The minimum Gasteiger partial charge on any atom is -0.373 e. The van der Waals surface area contributed by atoms with Gasteiger partial charge >= 0.3 is 0 Å². The number of hydrogen-bond acceptors (Lipinski definition) is 5. The van der Waals surface area contributed by atoms with Crippen LogP contribution in [0.5, 0.6) is 0 Å². The van der Waals surface area contributed by atoms with Crippen LogP contribution in [0.3, 0.4) is 0 Å². The Hall–Kier alpha value is -2.82. The van der Waals surface area contributed by atoms with Gasteiger partial charge in [0.2, 0.25) is 5.78 Å². The van der Waals surface area contributed by atoms with Crippen molar-refractivity contribution in [3.8, 4) is 11.4 Å². The lowest BCUT2D eigenvalue weighted by Crippen LogP contribution is -2.34. The minimum absolute atomic E-state index is 0.0625. The van der Waals surface area contributed by atoms with Crippen molar-refractivity contribution in [2.45, 2.75) is 38.1 Å². The molecule has 0 N–H and O–H groups in total. The summed E-state index contributed by atoms with van der Waals surface area (Å²) in [4.78, 5) is 29.4. The van der Waals surface area contributed by atoms with Gasteiger partial charge in [-0.2, -0.15) is 0 Å². The minimum atomic E-state index is -0.0625. The highest BCUT2D eigenvalue weighted by Gasteiger charge is 2.43. The molecule has 2 aromatic rings. The predicted molar refractivity (Wildman–Crippen MR) is 112 cm³/mol. The Balaban J connectivity index is 1.46. The van der Waals surface area contributed by atoms with Crippen LogP contribution in [0.4, 0.5) is 0 Å². The molecule has 2 atom stereocenters. The summed E-state index contributed by atoms with van der Waals surface area (Å²) < 4.78 is 0. The van der Waals surface area contributed by atoms with Gasteiger partial charge < -0.3 is 4.90 Å². The van der Waals surface area contributed by atoms with E-state index in [0.717, 1.165) is 23.1 Å². The zero-order valence-corrected chi connectivity index (χ0v) is 16.6. The number of pyridine rings is 2. The third-order valence-corrected chi connectivity index (χ3v) is 7.37. The average Bonchev–Trinajstić information content (AvgIpc) is 2.88. The number of hydrogen-bond donors (Lipinski definition) is 0. The van der Waals surface area contributed by atoms with Crippen LogP contribution >= 0.6 is 0 Å². The third-order valence-electron chi connectivity index (χ3n) is 7.37. The number of fused-ring (bicyclic) bond motifs is 4. The zero-order chi connectivity index (χ0) is 19.5. The van der Waals surface area contributed by atoms with Gasteiger partial charge in [-0.3, -0.25) is 19.8 Å². The van der Waals surface area contributed by atoms with Gasteiger partial charge in [0.25, 0.3) is 0 Å². The van der Waals surface area contributed by atoms with Crippen molar-refractivity contribution in [1.29, 1.82) is 0 Å². The van der Waals surface area contributed by atoms with E-state index in [-0.39, 0.29) is 5.78 Å². The van der Waals surface area contributed by atoms with E-state index < -0.39 is 0 Å². The van der Waals surface area contributed by atoms with Gasteiger partial charge in [0.05, 0.1) is 11.3 Å². The van der Waals surface area contributed by atoms with Crippen molar-refractivity contribution in [1.82, 2.24) is 14.9 Å². The van der Waals surface area contributed by atoms with Crippen molar-refractivity contribution in [2.75, 3.05) is 7.05 Å². The summed E-state index contributed by atoms with van der Waals surface area (Å²) in [6.45, 7) is 0. The van der Waals surface area contributed by atoms with Crippen LogP contribution in [0.25, 0.3) is 11.4 Å². The second-order valence-corrected chi connectivity index (χ2v) is 9.03. The molecule has 2 saturated heterocycles. The number of nitrogens with zero attached hydrogens (tertiary/aromatic N) is 4. The van der Waals surface area contributed by atoms with Crippen LogP contribution in [0.2, 0.25) is 0 Å². The molecule has 3 aliphatic carbocycles. The largest absolute Gasteiger partial charge is 0.373 e. The third kappa shape index (κ3) is 2.60. The van der Waals surface area contributed by atoms with Gasteiger partial charge in [0, 0.05) is 48.9 Å². The number of aliphatic imine (C=N–C) groups is 1. The summed E-state index contributed by atoms with van der Waals surface area (Å²) in [6.07, 6.45) is 12.0.